The van der Waals surface area contributed by atoms with Crippen LogP contribution in [0.2, 0.25) is 0 Å². The number of anilines is 2. The molecule has 0 aliphatic carbocycles. The first kappa shape index (κ1) is 16.1. The van der Waals surface area contributed by atoms with Crippen molar-refractivity contribution in [2.24, 2.45) is 0 Å². The van der Waals surface area contributed by atoms with E-state index in [2.05, 4.69) is 9.71 Å². The lowest BCUT2D eigenvalue weighted by Gasteiger charge is -2.05. The number of hydrogen-bond donors (Lipinski definition) is 2. The molecule has 114 valence electrons. The van der Waals surface area contributed by atoms with Crippen LogP contribution in [0.1, 0.15) is 10.6 Å². The fourth-order valence-electron chi connectivity index (χ4n) is 1.53. The number of nitrogens with zero attached hydrogens (tertiary/aromatic N) is 1. The Labute approximate surface area is 133 Å². The summed E-state index contributed by atoms with van der Waals surface area (Å²) in [5.74, 6) is 0.516. The molecule has 0 amide bonds. The summed E-state index contributed by atoms with van der Waals surface area (Å²) in [7, 11) is -3.36. The van der Waals surface area contributed by atoms with E-state index in [1.54, 1.807) is 12.1 Å². The molecule has 0 aliphatic heterocycles. The van der Waals surface area contributed by atoms with E-state index in [1.807, 2.05) is 26.0 Å². The van der Waals surface area contributed by atoms with Crippen molar-refractivity contribution < 1.29 is 8.42 Å². The second-order valence-electron chi connectivity index (χ2n) is 4.50. The SMILES string of the molecule is Cc1nc(NS(=O)(=O)CCSc2ccc(N)cc2)sc1C. The van der Waals surface area contributed by atoms with Gasteiger partial charge in [-0.2, -0.15) is 0 Å². The van der Waals surface area contributed by atoms with Gasteiger partial charge in [0.15, 0.2) is 5.13 Å². The van der Waals surface area contributed by atoms with Crippen molar-refractivity contribution in [1.82, 2.24) is 4.98 Å². The quantitative estimate of drug-likeness (QED) is 0.622. The standard InChI is InChI=1S/C13H17N3O2S3/c1-9-10(2)20-13(15-9)16-21(17,18)8-7-19-12-5-3-11(14)4-6-12/h3-6H,7-8,14H2,1-2H3,(H,15,16). The second kappa shape index (κ2) is 6.67. The number of nitrogens with one attached hydrogen (secondary N) is 1. The van der Waals surface area contributed by atoms with Crippen molar-refractivity contribution in [3.05, 3.63) is 34.8 Å². The molecule has 2 rings (SSSR count). The molecule has 3 N–H and O–H groups in total. The minimum absolute atomic E-state index is 0.0414. The van der Waals surface area contributed by atoms with Crippen LogP contribution in [0.25, 0.3) is 0 Å². The van der Waals surface area contributed by atoms with Gasteiger partial charge in [-0.3, -0.25) is 4.72 Å². The van der Waals surface area contributed by atoms with Gasteiger partial charge in [0.2, 0.25) is 10.0 Å². The Balaban J connectivity index is 1.88. The molecule has 0 saturated heterocycles. The summed E-state index contributed by atoms with van der Waals surface area (Å²) in [4.78, 5) is 6.20. The molecular weight excluding hydrogens is 326 g/mol. The molecule has 0 radical (unpaired) electrons. The molecule has 0 atom stereocenters. The van der Waals surface area contributed by atoms with Gasteiger partial charge in [-0.25, -0.2) is 13.4 Å². The number of aryl methyl sites for hydroxylation is 2. The van der Waals surface area contributed by atoms with Crippen molar-refractivity contribution in [2.75, 3.05) is 22.0 Å². The van der Waals surface area contributed by atoms with E-state index in [0.29, 0.717) is 16.6 Å². The van der Waals surface area contributed by atoms with Crippen LogP contribution >= 0.6 is 23.1 Å². The summed E-state index contributed by atoms with van der Waals surface area (Å²) in [5.41, 5.74) is 7.16. The third-order valence-corrected chi connectivity index (χ3v) is 6.41. The van der Waals surface area contributed by atoms with Gasteiger partial charge in [-0.1, -0.05) is 0 Å². The largest absolute Gasteiger partial charge is 0.399 e. The van der Waals surface area contributed by atoms with Gasteiger partial charge >= 0.3 is 0 Å². The van der Waals surface area contributed by atoms with Crippen molar-refractivity contribution in [3.63, 3.8) is 0 Å². The predicted octanol–water partition coefficient (Wildman–Crippen LogP) is 2.88. The fraction of sp³-hybridized carbons (Fsp3) is 0.308. The molecular formula is C13H17N3O2S3. The number of aromatic nitrogens is 1. The lowest BCUT2D eigenvalue weighted by Crippen LogP contribution is -2.18. The highest BCUT2D eigenvalue weighted by molar-refractivity contribution is 8.01. The molecule has 0 saturated carbocycles. The van der Waals surface area contributed by atoms with Gasteiger partial charge in [0, 0.05) is 21.2 Å². The first-order chi connectivity index (χ1) is 9.85. The first-order valence-electron chi connectivity index (χ1n) is 6.28. The molecule has 0 spiro atoms. The van der Waals surface area contributed by atoms with Crippen LogP contribution in [-0.2, 0) is 10.0 Å². The van der Waals surface area contributed by atoms with E-state index in [0.717, 1.165) is 15.5 Å². The van der Waals surface area contributed by atoms with E-state index in [1.165, 1.54) is 23.1 Å². The summed E-state index contributed by atoms with van der Waals surface area (Å²) in [6.07, 6.45) is 0. The van der Waals surface area contributed by atoms with Crippen molar-refractivity contribution in [3.8, 4) is 0 Å². The zero-order chi connectivity index (χ0) is 15.5. The molecule has 1 aromatic heterocycles. The van der Waals surface area contributed by atoms with Crippen LogP contribution in [0.5, 0.6) is 0 Å². The molecule has 2 aromatic rings. The van der Waals surface area contributed by atoms with Crippen molar-refractivity contribution in [1.29, 1.82) is 0 Å². The number of benzene rings is 1. The van der Waals surface area contributed by atoms with Crippen LogP contribution in [0.15, 0.2) is 29.2 Å². The zero-order valence-corrected chi connectivity index (χ0v) is 14.2. The summed E-state index contributed by atoms with van der Waals surface area (Å²) < 4.78 is 26.5. The van der Waals surface area contributed by atoms with Crippen molar-refractivity contribution >= 4 is 43.9 Å². The first-order valence-corrected chi connectivity index (χ1v) is 9.74. The van der Waals surface area contributed by atoms with Crippen LogP contribution in [0.3, 0.4) is 0 Å². The van der Waals surface area contributed by atoms with Crippen LogP contribution in [0.4, 0.5) is 10.8 Å². The van der Waals surface area contributed by atoms with Gasteiger partial charge < -0.3 is 5.73 Å². The molecule has 0 bridgehead atoms. The average Bonchev–Trinajstić information content (AvgIpc) is 2.69. The average molecular weight is 343 g/mol. The van der Waals surface area contributed by atoms with Crippen LogP contribution in [0, 0.1) is 13.8 Å². The normalized spacial score (nSPS) is 11.5. The van der Waals surface area contributed by atoms with E-state index >= 15 is 0 Å². The number of rotatable bonds is 6. The maximum Gasteiger partial charge on any atom is 0.235 e. The van der Waals surface area contributed by atoms with Crippen LogP contribution in [-0.4, -0.2) is 24.9 Å². The maximum atomic E-state index is 12.0. The van der Waals surface area contributed by atoms with E-state index < -0.39 is 10.0 Å². The van der Waals surface area contributed by atoms with Gasteiger partial charge in [0.05, 0.1) is 11.4 Å². The van der Waals surface area contributed by atoms with Gasteiger partial charge in [-0.05, 0) is 38.1 Å². The fourth-order valence-corrected chi connectivity index (χ4v) is 4.94. The van der Waals surface area contributed by atoms with Gasteiger partial charge in [0.25, 0.3) is 0 Å². The molecule has 1 heterocycles. The highest BCUT2D eigenvalue weighted by atomic mass is 32.2. The summed E-state index contributed by atoms with van der Waals surface area (Å²) >= 11 is 2.83. The summed E-state index contributed by atoms with van der Waals surface area (Å²) in [6, 6.07) is 7.37. The highest BCUT2D eigenvalue weighted by Crippen LogP contribution is 2.23. The highest BCUT2D eigenvalue weighted by Gasteiger charge is 2.13. The zero-order valence-electron chi connectivity index (χ0n) is 11.8. The minimum Gasteiger partial charge on any atom is -0.399 e. The summed E-state index contributed by atoms with van der Waals surface area (Å²) in [6.45, 7) is 3.78. The Morgan fingerprint density at radius 1 is 1.29 bits per heavy atom. The Morgan fingerprint density at radius 3 is 2.52 bits per heavy atom. The molecule has 0 unspecified atom stereocenters. The molecule has 0 fully saturated rings. The van der Waals surface area contributed by atoms with E-state index in [4.69, 9.17) is 5.73 Å². The number of sulfonamides is 1. The summed E-state index contributed by atoms with van der Waals surface area (Å²) in [5, 5.41) is 0.433. The minimum atomic E-state index is -3.36. The van der Waals surface area contributed by atoms with E-state index in [-0.39, 0.29) is 5.75 Å². The topological polar surface area (TPSA) is 85.1 Å². The van der Waals surface area contributed by atoms with E-state index in [9.17, 15) is 8.42 Å². The monoisotopic (exact) mass is 343 g/mol. The number of nitrogen functional groups attached to an aromatic ring is 1. The Kier molecular flexibility index (Phi) is 5.13. The van der Waals surface area contributed by atoms with Gasteiger partial charge in [0.1, 0.15) is 0 Å². The Morgan fingerprint density at radius 2 is 1.95 bits per heavy atom. The molecule has 0 aliphatic rings. The maximum absolute atomic E-state index is 12.0. The molecule has 5 nitrogen and oxygen atoms in total. The van der Waals surface area contributed by atoms with Crippen LogP contribution < -0.4 is 10.5 Å². The lowest BCUT2D eigenvalue weighted by atomic mass is 10.3. The smallest absolute Gasteiger partial charge is 0.235 e. The van der Waals surface area contributed by atoms with Gasteiger partial charge in [-0.15, -0.1) is 23.1 Å². The second-order valence-corrected chi connectivity index (χ2v) is 8.71. The number of thiazole rings is 1. The molecule has 8 heteroatoms. The third-order valence-electron chi connectivity index (χ3n) is 2.77. The Bertz CT molecular complexity index is 689. The number of nitrogens with two attached hydrogens (primary N) is 1. The third kappa shape index (κ3) is 4.90. The predicted molar refractivity (Wildman–Crippen MR) is 90.6 cm³/mol. The van der Waals surface area contributed by atoms with Crippen molar-refractivity contribution in [2.45, 2.75) is 18.7 Å². The number of thioether (sulfide) groups is 1. The molecule has 21 heavy (non-hydrogen) atoms. The lowest BCUT2D eigenvalue weighted by molar-refractivity contribution is 0.602. The Hall–Kier alpha value is -1.25. The molecule has 1 aromatic carbocycles. The number of hydrogen-bond acceptors (Lipinski definition) is 6.